The summed E-state index contributed by atoms with van der Waals surface area (Å²) in [5, 5.41) is 0. The second-order valence-electron chi connectivity index (χ2n) is 5.87. The lowest BCUT2D eigenvalue weighted by Gasteiger charge is -2.28. The monoisotopic (exact) mass is 289 g/mol. The van der Waals surface area contributed by atoms with Crippen molar-refractivity contribution in [2.45, 2.75) is 45.6 Å². The molecule has 1 aromatic rings. The molecule has 2 aliphatic rings. The van der Waals surface area contributed by atoms with E-state index >= 15 is 0 Å². The topological polar surface area (TPSA) is 38.8 Å². The molecule has 0 saturated heterocycles. The van der Waals surface area contributed by atoms with Crippen molar-refractivity contribution in [1.29, 1.82) is 0 Å². The Morgan fingerprint density at radius 1 is 1.19 bits per heavy atom. The fourth-order valence-corrected chi connectivity index (χ4v) is 3.21. The maximum absolute atomic E-state index is 12.6. The molecule has 0 spiro atoms. The Morgan fingerprint density at radius 2 is 1.95 bits per heavy atom. The Hall–Kier alpha value is -1.71. The van der Waals surface area contributed by atoms with E-state index in [1.165, 1.54) is 19.3 Å². The van der Waals surface area contributed by atoms with Crippen LogP contribution >= 0.6 is 0 Å². The number of hydrogen-bond donors (Lipinski definition) is 0. The van der Waals surface area contributed by atoms with Crippen LogP contribution in [0.3, 0.4) is 0 Å². The Morgan fingerprint density at radius 3 is 2.71 bits per heavy atom. The van der Waals surface area contributed by atoms with Crippen molar-refractivity contribution in [2.24, 2.45) is 5.92 Å². The van der Waals surface area contributed by atoms with Gasteiger partial charge in [-0.05, 0) is 37.5 Å². The van der Waals surface area contributed by atoms with Crippen molar-refractivity contribution in [1.82, 2.24) is 4.90 Å². The second kappa shape index (κ2) is 6.37. The van der Waals surface area contributed by atoms with E-state index < -0.39 is 0 Å². The molecule has 0 atom stereocenters. The first kappa shape index (κ1) is 14.2. The van der Waals surface area contributed by atoms with Gasteiger partial charge in [-0.15, -0.1) is 0 Å². The van der Waals surface area contributed by atoms with Crippen LogP contribution in [0.2, 0.25) is 0 Å². The first-order chi connectivity index (χ1) is 10.3. The zero-order chi connectivity index (χ0) is 14.7. The molecule has 1 saturated carbocycles. The number of carbonyl (C=O) groups excluding carboxylic acids is 1. The number of nitrogens with zero attached hydrogens (tertiary/aromatic N) is 1. The van der Waals surface area contributed by atoms with Crippen LogP contribution in [0, 0.1) is 5.92 Å². The summed E-state index contributed by atoms with van der Waals surface area (Å²) < 4.78 is 10.7. The van der Waals surface area contributed by atoms with Crippen LogP contribution in [0.5, 0.6) is 11.5 Å². The number of amides is 1. The van der Waals surface area contributed by atoms with Crippen molar-refractivity contribution in [3.63, 3.8) is 0 Å². The fourth-order valence-electron chi connectivity index (χ4n) is 3.21. The Bertz CT molecular complexity index is 509. The molecule has 4 nitrogen and oxygen atoms in total. The number of benzene rings is 1. The maximum atomic E-state index is 12.6. The van der Waals surface area contributed by atoms with Crippen molar-refractivity contribution in [2.75, 3.05) is 13.3 Å². The molecule has 21 heavy (non-hydrogen) atoms. The largest absolute Gasteiger partial charge is 0.454 e. The minimum Gasteiger partial charge on any atom is -0.454 e. The number of fused-ring (bicyclic) bond motifs is 1. The van der Waals surface area contributed by atoms with Crippen LogP contribution in [0.15, 0.2) is 18.2 Å². The van der Waals surface area contributed by atoms with Gasteiger partial charge in [0.05, 0.1) is 0 Å². The molecule has 3 rings (SSSR count). The predicted octanol–water partition coefficient (Wildman–Crippen LogP) is 3.34. The SMILES string of the molecule is CCN(Cc1ccc2c(c1)OCO2)C(=O)C1CCCCC1. The minimum absolute atomic E-state index is 0.229. The maximum Gasteiger partial charge on any atom is 0.231 e. The predicted molar refractivity (Wildman–Crippen MR) is 80.2 cm³/mol. The lowest BCUT2D eigenvalue weighted by molar-refractivity contribution is -0.137. The van der Waals surface area contributed by atoms with Gasteiger partial charge in [0.25, 0.3) is 0 Å². The van der Waals surface area contributed by atoms with Crippen molar-refractivity contribution < 1.29 is 14.3 Å². The molecule has 1 aliphatic carbocycles. The summed E-state index contributed by atoms with van der Waals surface area (Å²) in [5.41, 5.74) is 1.10. The molecule has 1 aliphatic heterocycles. The second-order valence-corrected chi connectivity index (χ2v) is 5.87. The summed E-state index contributed by atoms with van der Waals surface area (Å²) in [4.78, 5) is 14.6. The summed E-state index contributed by atoms with van der Waals surface area (Å²) in [7, 11) is 0. The first-order valence-electron chi connectivity index (χ1n) is 7.95. The van der Waals surface area contributed by atoms with Gasteiger partial charge < -0.3 is 14.4 Å². The van der Waals surface area contributed by atoms with Gasteiger partial charge in [-0.1, -0.05) is 25.3 Å². The average molecular weight is 289 g/mol. The molecule has 0 aromatic heterocycles. The average Bonchev–Trinajstić information content (AvgIpc) is 3.00. The first-order valence-corrected chi connectivity index (χ1v) is 7.95. The number of carbonyl (C=O) groups is 1. The van der Waals surface area contributed by atoms with Crippen molar-refractivity contribution in [3.8, 4) is 11.5 Å². The van der Waals surface area contributed by atoms with Gasteiger partial charge in [0.15, 0.2) is 11.5 Å². The van der Waals surface area contributed by atoms with Crippen LogP contribution in [-0.2, 0) is 11.3 Å². The molecule has 4 heteroatoms. The van der Waals surface area contributed by atoms with Gasteiger partial charge in [0.2, 0.25) is 12.7 Å². The van der Waals surface area contributed by atoms with Gasteiger partial charge in [-0.2, -0.15) is 0 Å². The molecule has 0 unspecified atom stereocenters. The zero-order valence-electron chi connectivity index (χ0n) is 12.6. The third-order valence-corrected chi connectivity index (χ3v) is 4.46. The van der Waals surface area contributed by atoms with Crippen LogP contribution in [-0.4, -0.2) is 24.1 Å². The Balaban J connectivity index is 1.67. The van der Waals surface area contributed by atoms with E-state index in [4.69, 9.17) is 9.47 Å². The summed E-state index contributed by atoms with van der Waals surface area (Å²) in [6.45, 7) is 3.75. The molecule has 1 aromatic carbocycles. The number of rotatable bonds is 4. The van der Waals surface area contributed by atoms with E-state index in [1.807, 2.05) is 30.0 Å². The smallest absolute Gasteiger partial charge is 0.231 e. The molecule has 1 amide bonds. The highest BCUT2D eigenvalue weighted by atomic mass is 16.7. The van der Waals surface area contributed by atoms with E-state index in [2.05, 4.69) is 0 Å². The Labute approximate surface area is 126 Å². The highest BCUT2D eigenvalue weighted by Crippen LogP contribution is 2.33. The van der Waals surface area contributed by atoms with Crippen LogP contribution in [0.25, 0.3) is 0 Å². The molecule has 0 N–H and O–H groups in total. The fraction of sp³-hybridized carbons (Fsp3) is 0.588. The third kappa shape index (κ3) is 3.14. The normalized spacial score (nSPS) is 17.8. The number of hydrogen-bond acceptors (Lipinski definition) is 3. The standard InChI is InChI=1S/C17H23NO3/c1-2-18(17(19)14-6-4-3-5-7-14)11-13-8-9-15-16(10-13)21-12-20-15/h8-10,14H,2-7,11-12H2,1H3. The van der Waals surface area contributed by atoms with Gasteiger partial charge in [-0.25, -0.2) is 0 Å². The van der Waals surface area contributed by atoms with Gasteiger partial charge in [-0.3, -0.25) is 4.79 Å². The Kier molecular flexibility index (Phi) is 4.32. The van der Waals surface area contributed by atoms with E-state index in [-0.39, 0.29) is 12.7 Å². The summed E-state index contributed by atoms with van der Waals surface area (Å²) in [5.74, 6) is 2.12. The molecule has 0 bridgehead atoms. The van der Waals surface area contributed by atoms with E-state index in [9.17, 15) is 4.79 Å². The van der Waals surface area contributed by atoms with Gasteiger partial charge >= 0.3 is 0 Å². The summed E-state index contributed by atoms with van der Waals surface area (Å²) >= 11 is 0. The van der Waals surface area contributed by atoms with Crippen LogP contribution < -0.4 is 9.47 Å². The van der Waals surface area contributed by atoms with Crippen molar-refractivity contribution >= 4 is 5.91 Å². The molecule has 0 radical (unpaired) electrons. The van der Waals surface area contributed by atoms with Crippen LogP contribution in [0.4, 0.5) is 0 Å². The van der Waals surface area contributed by atoms with Crippen molar-refractivity contribution in [3.05, 3.63) is 23.8 Å². The van der Waals surface area contributed by atoms with E-state index in [0.717, 1.165) is 36.4 Å². The number of ether oxygens (including phenoxy) is 2. The molecule has 1 heterocycles. The highest BCUT2D eigenvalue weighted by Gasteiger charge is 2.25. The van der Waals surface area contributed by atoms with Crippen LogP contribution in [0.1, 0.15) is 44.6 Å². The zero-order valence-corrected chi connectivity index (χ0v) is 12.6. The highest BCUT2D eigenvalue weighted by molar-refractivity contribution is 5.79. The lowest BCUT2D eigenvalue weighted by Crippen LogP contribution is -2.36. The third-order valence-electron chi connectivity index (χ3n) is 4.46. The summed E-state index contributed by atoms with van der Waals surface area (Å²) in [6.07, 6.45) is 5.76. The quantitative estimate of drug-likeness (QED) is 0.853. The molecular weight excluding hydrogens is 266 g/mol. The van der Waals surface area contributed by atoms with Gasteiger partial charge in [0.1, 0.15) is 0 Å². The minimum atomic E-state index is 0.229. The summed E-state index contributed by atoms with van der Waals surface area (Å²) in [6, 6.07) is 5.93. The van der Waals surface area contributed by atoms with Gasteiger partial charge in [0, 0.05) is 19.0 Å². The van der Waals surface area contributed by atoms with E-state index in [0.29, 0.717) is 12.5 Å². The lowest BCUT2D eigenvalue weighted by atomic mass is 9.88. The molecular formula is C17H23NO3. The molecule has 114 valence electrons. The van der Waals surface area contributed by atoms with E-state index in [1.54, 1.807) is 0 Å². The molecule has 1 fully saturated rings.